The normalized spacial score (nSPS) is 25.7. The van der Waals surface area contributed by atoms with Crippen LogP contribution in [0.2, 0.25) is 0 Å². The minimum atomic E-state index is -1.44. The minimum Gasteiger partial charge on any atom is -0.508 e. The van der Waals surface area contributed by atoms with Crippen molar-refractivity contribution in [3.05, 3.63) is 185 Å². The molecule has 0 spiro atoms. The van der Waals surface area contributed by atoms with Crippen molar-refractivity contribution in [1.82, 2.24) is 4.90 Å². The van der Waals surface area contributed by atoms with Crippen LogP contribution in [0.4, 0.5) is 0 Å². The van der Waals surface area contributed by atoms with E-state index in [0.717, 1.165) is 16.7 Å². The largest absolute Gasteiger partial charge is 0.508 e. The number of amides is 2. The van der Waals surface area contributed by atoms with Crippen molar-refractivity contribution >= 4 is 29.0 Å². The lowest BCUT2D eigenvalue weighted by Crippen LogP contribution is -2.58. The second kappa shape index (κ2) is 13.8. The highest BCUT2D eigenvalue weighted by Gasteiger charge is 2.66. The number of likely N-dealkylation sites (tertiary alicyclic amines) is 1. The fourth-order valence-electron chi connectivity index (χ4n) is 9.80. The SMILES string of the molecule is O=C1C(c2ccccc2)=CC(=O)C2(c3ccccc3)C1CC1C(=CCC3C(=O)N(Cc4ccccc4)C(=O)C31)C2c1ccc(OCc2ccccc2)cc1O. The lowest BCUT2D eigenvalue weighted by molar-refractivity contribution is -0.141. The summed E-state index contributed by atoms with van der Waals surface area (Å²) >= 11 is 0. The van der Waals surface area contributed by atoms with Crippen molar-refractivity contribution < 1.29 is 29.0 Å². The maximum absolute atomic E-state index is 15.3. The van der Waals surface area contributed by atoms with Gasteiger partial charge in [0, 0.05) is 29.0 Å². The molecule has 272 valence electrons. The smallest absolute Gasteiger partial charge is 0.234 e. The average molecular weight is 726 g/mol. The predicted molar refractivity (Wildman–Crippen MR) is 207 cm³/mol. The summed E-state index contributed by atoms with van der Waals surface area (Å²) in [5.74, 6) is -4.08. The third kappa shape index (κ3) is 5.65. The van der Waals surface area contributed by atoms with Gasteiger partial charge in [0.05, 0.1) is 23.8 Å². The molecule has 55 heavy (non-hydrogen) atoms. The Balaban J connectivity index is 1.20. The van der Waals surface area contributed by atoms with E-state index < -0.39 is 35.0 Å². The Kier molecular flexibility index (Phi) is 8.65. The molecule has 2 amide bonds. The van der Waals surface area contributed by atoms with Crippen LogP contribution in [0.5, 0.6) is 11.5 Å². The van der Waals surface area contributed by atoms with E-state index in [2.05, 4.69) is 0 Å². The number of phenolic OH excluding ortho intramolecular Hbond substituents is 1. The van der Waals surface area contributed by atoms with Gasteiger partial charge in [-0.3, -0.25) is 24.1 Å². The number of hydrogen-bond donors (Lipinski definition) is 1. The second-order valence-electron chi connectivity index (χ2n) is 15.0. The Labute approximate surface area is 319 Å². The maximum atomic E-state index is 15.3. The lowest BCUT2D eigenvalue weighted by atomic mass is 9.44. The van der Waals surface area contributed by atoms with E-state index in [-0.39, 0.29) is 42.1 Å². The molecule has 9 rings (SSSR count). The fourth-order valence-corrected chi connectivity index (χ4v) is 9.80. The van der Waals surface area contributed by atoms with Crippen LogP contribution in [0.25, 0.3) is 5.57 Å². The highest BCUT2D eigenvalue weighted by Crippen LogP contribution is 2.64. The average Bonchev–Trinajstić information content (AvgIpc) is 3.47. The molecular weight excluding hydrogens is 687 g/mol. The van der Waals surface area contributed by atoms with Crippen LogP contribution in [0.15, 0.2) is 157 Å². The zero-order valence-electron chi connectivity index (χ0n) is 30.1. The van der Waals surface area contributed by atoms with Crippen LogP contribution >= 0.6 is 0 Å². The van der Waals surface area contributed by atoms with Gasteiger partial charge < -0.3 is 9.84 Å². The van der Waals surface area contributed by atoms with Gasteiger partial charge in [0.25, 0.3) is 0 Å². The molecular formula is C48H39NO6. The van der Waals surface area contributed by atoms with Crippen molar-refractivity contribution in [2.45, 2.75) is 37.3 Å². The van der Waals surface area contributed by atoms with E-state index in [1.54, 1.807) is 18.2 Å². The quantitative estimate of drug-likeness (QED) is 0.129. The molecule has 4 aliphatic rings. The lowest BCUT2D eigenvalue weighted by Gasteiger charge is -2.55. The van der Waals surface area contributed by atoms with E-state index in [1.165, 1.54) is 11.0 Å². The number of benzene rings is 5. The van der Waals surface area contributed by atoms with Crippen molar-refractivity contribution in [3.8, 4) is 11.5 Å². The van der Waals surface area contributed by atoms with Gasteiger partial charge in [0.1, 0.15) is 18.1 Å². The number of hydrogen-bond acceptors (Lipinski definition) is 6. The van der Waals surface area contributed by atoms with Gasteiger partial charge in [0.15, 0.2) is 11.6 Å². The van der Waals surface area contributed by atoms with Crippen LogP contribution in [0.1, 0.15) is 46.6 Å². The molecule has 1 N–H and O–H groups in total. The summed E-state index contributed by atoms with van der Waals surface area (Å²) in [5, 5.41) is 12.0. The summed E-state index contributed by atoms with van der Waals surface area (Å²) in [4.78, 5) is 60.4. The molecule has 3 aliphatic carbocycles. The summed E-state index contributed by atoms with van der Waals surface area (Å²) in [6.07, 6.45) is 4.01. The summed E-state index contributed by atoms with van der Waals surface area (Å²) in [5.41, 5.74) is 3.28. The number of allylic oxidation sites excluding steroid dienone is 4. The van der Waals surface area contributed by atoms with E-state index in [1.807, 2.05) is 127 Å². The summed E-state index contributed by atoms with van der Waals surface area (Å²) in [7, 11) is 0. The van der Waals surface area contributed by atoms with Crippen molar-refractivity contribution in [1.29, 1.82) is 0 Å². The Morgan fingerprint density at radius 1 is 0.709 bits per heavy atom. The number of ether oxygens (including phenoxy) is 1. The van der Waals surface area contributed by atoms with Gasteiger partial charge in [0.2, 0.25) is 11.8 Å². The fraction of sp³-hybridized carbons (Fsp3) is 0.208. The first-order valence-electron chi connectivity index (χ1n) is 18.9. The van der Waals surface area contributed by atoms with E-state index >= 15 is 9.59 Å². The van der Waals surface area contributed by atoms with Gasteiger partial charge in [-0.15, -0.1) is 0 Å². The number of nitrogens with zero attached hydrogens (tertiary/aromatic N) is 1. The standard InChI is InChI=1S/C48H39NO6/c50-41-25-34(55-29-31-15-7-2-8-16-31)21-22-36(41)44-35-23-24-37-43(47(54)49(46(37)53)28-30-13-5-1-6-14-30)39(35)26-40-45(52)38(32-17-9-3-10-18-32)27-42(51)48(40,44)33-19-11-4-12-20-33/h1-23,25,27,37,39-40,43-44,50H,24,26,28-29H2. The number of carbonyl (C=O) groups is 4. The molecule has 7 nitrogen and oxygen atoms in total. The number of carbonyl (C=O) groups excluding carboxylic acids is 4. The molecule has 1 saturated heterocycles. The molecule has 5 aromatic carbocycles. The Bertz CT molecular complexity index is 2370. The maximum Gasteiger partial charge on any atom is 0.234 e. The van der Waals surface area contributed by atoms with Crippen molar-refractivity contribution in [3.63, 3.8) is 0 Å². The number of imide groups is 1. The molecule has 0 radical (unpaired) electrons. The number of Topliss-reactive ketones (excluding diaryl/α,β-unsaturated/α-hetero) is 1. The van der Waals surface area contributed by atoms with Crippen molar-refractivity contribution in [2.24, 2.45) is 23.7 Å². The van der Waals surface area contributed by atoms with E-state index in [9.17, 15) is 14.7 Å². The third-order valence-electron chi connectivity index (χ3n) is 12.2. The van der Waals surface area contributed by atoms with Gasteiger partial charge in [-0.1, -0.05) is 139 Å². The van der Waals surface area contributed by atoms with Crippen LogP contribution in [-0.4, -0.2) is 33.4 Å². The highest BCUT2D eigenvalue weighted by atomic mass is 16.5. The van der Waals surface area contributed by atoms with Gasteiger partial charge in [-0.25, -0.2) is 0 Å². The summed E-state index contributed by atoms with van der Waals surface area (Å²) < 4.78 is 6.09. The summed E-state index contributed by atoms with van der Waals surface area (Å²) in [6, 6.07) is 42.9. The molecule has 1 aliphatic heterocycles. The van der Waals surface area contributed by atoms with Crippen LogP contribution in [0, 0.1) is 23.7 Å². The molecule has 2 fully saturated rings. The van der Waals surface area contributed by atoms with Gasteiger partial charge >= 0.3 is 0 Å². The highest BCUT2D eigenvalue weighted by molar-refractivity contribution is 6.31. The Hall–Kier alpha value is -6.34. The molecule has 0 bridgehead atoms. The summed E-state index contributed by atoms with van der Waals surface area (Å²) in [6.45, 7) is 0.461. The van der Waals surface area contributed by atoms with Crippen LogP contribution in [0.3, 0.4) is 0 Å². The number of phenols is 1. The predicted octanol–water partition coefficient (Wildman–Crippen LogP) is 8.00. The molecule has 7 heteroatoms. The minimum absolute atomic E-state index is 0.0779. The Morgan fingerprint density at radius 3 is 2.02 bits per heavy atom. The number of aromatic hydroxyl groups is 1. The third-order valence-corrected chi connectivity index (χ3v) is 12.2. The molecule has 1 saturated carbocycles. The first-order valence-corrected chi connectivity index (χ1v) is 18.9. The zero-order chi connectivity index (χ0) is 37.7. The van der Waals surface area contributed by atoms with Crippen LogP contribution < -0.4 is 4.74 Å². The first-order chi connectivity index (χ1) is 26.9. The number of rotatable bonds is 8. The van der Waals surface area contributed by atoms with Crippen molar-refractivity contribution in [2.75, 3.05) is 0 Å². The van der Waals surface area contributed by atoms with Gasteiger partial charge in [-0.2, -0.15) is 0 Å². The van der Waals surface area contributed by atoms with Gasteiger partial charge in [-0.05, 0) is 53.2 Å². The van der Waals surface area contributed by atoms with E-state index in [0.29, 0.717) is 41.0 Å². The molecule has 1 heterocycles. The zero-order valence-corrected chi connectivity index (χ0v) is 30.1. The molecule has 0 aromatic heterocycles. The molecule has 6 atom stereocenters. The topological polar surface area (TPSA) is 101 Å². The molecule has 6 unspecified atom stereocenters. The number of ketones is 2. The number of fused-ring (bicyclic) bond motifs is 4. The first kappa shape index (κ1) is 34.4. The van der Waals surface area contributed by atoms with E-state index in [4.69, 9.17) is 4.74 Å². The second-order valence-corrected chi connectivity index (χ2v) is 15.0. The van der Waals surface area contributed by atoms with Crippen LogP contribution in [-0.2, 0) is 37.7 Å². The monoisotopic (exact) mass is 725 g/mol. The molecule has 5 aromatic rings. The Morgan fingerprint density at radius 2 is 1.35 bits per heavy atom.